The molecule has 8 nitrogen and oxygen atoms in total. The highest BCUT2D eigenvalue weighted by molar-refractivity contribution is 7.86. The van der Waals surface area contributed by atoms with E-state index in [0.717, 1.165) is 16.8 Å². The topological polar surface area (TPSA) is 130 Å². The van der Waals surface area contributed by atoms with E-state index in [1.54, 1.807) is 31.4 Å². The summed E-state index contributed by atoms with van der Waals surface area (Å²) in [6, 6.07) is 22.0. The van der Waals surface area contributed by atoms with Gasteiger partial charge in [-0.25, -0.2) is 0 Å². The summed E-state index contributed by atoms with van der Waals surface area (Å²) in [6.07, 6.45) is 0.0670. The Morgan fingerprint density at radius 2 is 1.06 bits per heavy atom. The molecule has 0 aliphatic carbocycles. The Balaban J connectivity index is 0.000000247. The van der Waals surface area contributed by atoms with Crippen LogP contribution in [-0.2, 0) is 25.0 Å². The zero-order chi connectivity index (χ0) is 25.1. The Morgan fingerprint density at radius 1 is 0.697 bits per heavy atom. The fourth-order valence-corrected chi connectivity index (χ4v) is 3.21. The largest absolute Gasteiger partial charge is 0.362 e. The van der Waals surface area contributed by atoms with E-state index in [-0.39, 0.29) is 16.0 Å². The molecule has 0 aliphatic heterocycles. The van der Waals surface area contributed by atoms with E-state index in [9.17, 15) is 16.8 Å². The predicted octanol–water partition coefficient (Wildman–Crippen LogP) is 4.57. The lowest BCUT2D eigenvalue weighted by Gasteiger charge is -2.12. The highest BCUT2D eigenvalue weighted by Crippen LogP contribution is 2.09. The van der Waals surface area contributed by atoms with E-state index >= 15 is 0 Å². The quantitative estimate of drug-likeness (QED) is 0.347. The van der Waals surface area contributed by atoms with E-state index < -0.39 is 20.2 Å². The first-order valence-electron chi connectivity index (χ1n) is 9.75. The van der Waals surface area contributed by atoms with Crippen molar-refractivity contribution in [2.45, 2.75) is 36.8 Å². The summed E-state index contributed by atoms with van der Waals surface area (Å²) in [7, 11) is -6.36. The van der Waals surface area contributed by atoms with Crippen molar-refractivity contribution in [3.8, 4) is 0 Å². The van der Waals surface area contributed by atoms with Crippen molar-refractivity contribution in [1.82, 2.24) is 0 Å². The van der Waals surface area contributed by atoms with E-state index in [2.05, 4.69) is 5.32 Å². The Labute approximate surface area is 195 Å². The average Bonchev–Trinajstić information content (AvgIpc) is 2.74. The first kappa shape index (κ1) is 28.3. The van der Waals surface area contributed by atoms with Crippen LogP contribution in [0.5, 0.6) is 0 Å². The van der Waals surface area contributed by atoms with Gasteiger partial charge in [0.15, 0.2) is 0 Å². The maximum atomic E-state index is 10.5. The maximum Gasteiger partial charge on any atom is 0.294 e. The smallest absolute Gasteiger partial charge is 0.294 e. The molecule has 0 bridgehead atoms. The zero-order valence-electron chi connectivity index (χ0n) is 18.8. The van der Waals surface area contributed by atoms with Gasteiger partial charge >= 0.3 is 0 Å². The van der Waals surface area contributed by atoms with E-state index in [1.807, 2.05) is 51.1 Å². The molecule has 10 heteroatoms. The summed E-state index contributed by atoms with van der Waals surface area (Å²) in [4.78, 5) is -0.133. The molecule has 3 aromatic rings. The lowest BCUT2D eigenvalue weighted by molar-refractivity contribution is 0.141. The summed E-state index contributed by atoms with van der Waals surface area (Å²) in [6.45, 7) is 5.65. The molecule has 180 valence electrons. The highest BCUT2D eigenvalue weighted by Gasteiger charge is 2.07. The lowest BCUT2D eigenvalue weighted by Crippen LogP contribution is -2.16. The Bertz CT molecular complexity index is 1100. The molecule has 1 atom stereocenters. The van der Waals surface area contributed by atoms with Gasteiger partial charge in [-0.2, -0.15) is 16.8 Å². The number of hydrogen-bond donors (Lipinski definition) is 3. The molecule has 0 amide bonds. The second-order valence-corrected chi connectivity index (χ2v) is 9.81. The average molecular weight is 496 g/mol. The first-order valence-corrected chi connectivity index (χ1v) is 12.6. The van der Waals surface area contributed by atoms with Crippen LogP contribution in [0.15, 0.2) is 88.7 Å². The van der Waals surface area contributed by atoms with Crippen molar-refractivity contribution in [2.75, 3.05) is 12.4 Å². The summed E-state index contributed by atoms with van der Waals surface area (Å²) in [5, 5.41) is 3.17. The fraction of sp³-hybridized carbons (Fsp3) is 0.217. The van der Waals surface area contributed by atoms with Crippen LogP contribution in [0.2, 0.25) is 0 Å². The monoisotopic (exact) mass is 495 g/mol. The Morgan fingerprint density at radius 3 is 1.36 bits per heavy atom. The van der Waals surface area contributed by atoms with Gasteiger partial charge in [0.25, 0.3) is 20.2 Å². The van der Waals surface area contributed by atoms with Crippen LogP contribution in [0.4, 0.5) is 5.69 Å². The van der Waals surface area contributed by atoms with E-state index in [4.69, 9.17) is 13.8 Å². The molecular formula is C23H29NO7S2. The third-order valence-electron chi connectivity index (χ3n) is 4.13. The highest BCUT2D eigenvalue weighted by atomic mass is 32.2. The van der Waals surface area contributed by atoms with Crippen molar-refractivity contribution in [1.29, 1.82) is 0 Å². The maximum absolute atomic E-state index is 10.5. The molecule has 33 heavy (non-hydrogen) atoms. The molecule has 3 rings (SSSR count). The van der Waals surface area contributed by atoms with Gasteiger partial charge in [-0.05, 0) is 57.2 Å². The number of para-hydroxylation sites is 1. The molecule has 0 aromatic heterocycles. The zero-order valence-corrected chi connectivity index (χ0v) is 20.5. The van der Waals surface area contributed by atoms with Crippen molar-refractivity contribution >= 4 is 25.9 Å². The van der Waals surface area contributed by atoms with Crippen LogP contribution in [0.1, 0.15) is 18.1 Å². The van der Waals surface area contributed by atoms with Gasteiger partial charge < -0.3 is 10.1 Å². The number of methoxy groups -OCH3 is 1. The van der Waals surface area contributed by atoms with Crippen molar-refractivity contribution in [2.24, 2.45) is 0 Å². The van der Waals surface area contributed by atoms with Crippen molar-refractivity contribution in [3.05, 3.63) is 90.0 Å². The number of ether oxygens (including phenoxy) is 1. The number of nitrogens with one attached hydrogen (secondary N) is 1. The molecule has 3 N–H and O–H groups in total. The van der Waals surface area contributed by atoms with Gasteiger partial charge in [-0.3, -0.25) is 9.11 Å². The van der Waals surface area contributed by atoms with Crippen molar-refractivity contribution in [3.63, 3.8) is 0 Å². The Hall–Kier alpha value is -2.76. The van der Waals surface area contributed by atoms with Crippen LogP contribution in [-0.4, -0.2) is 39.3 Å². The van der Waals surface area contributed by atoms with Gasteiger partial charge in [-0.1, -0.05) is 53.6 Å². The number of anilines is 1. The van der Waals surface area contributed by atoms with E-state index in [0.29, 0.717) is 0 Å². The number of benzene rings is 3. The van der Waals surface area contributed by atoms with Crippen molar-refractivity contribution < 1.29 is 30.7 Å². The van der Waals surface area contributed by atoms with Crippen LogP contribution >= 0.6 is 0 Å². The molecular weight excluding hydrogens is 466 g/mol. The van der Waals surface area contributed by atoms with Crippen LogP contribution in [0.3, 0.4) is 0 Å². The summed E-state index contributed by atoms with van der Waals surface area (Å²) in [5.41, 5.74) is 3.00. The molecule has 0 heterocycles. The Kier molecular flexibility index (Phi) is 11.2. The standard InChI is InChI=1S/C9H13NO.2C7H8O3S/c1-8(11-2)10-9-6-4-3-5-7-9;2*1-6-2-4-7(5-3-6)11(8,9)10/h3-8,10H,1-2H3;2*2-5H,1H3,(H,8,9,10). The third-order valence-corrected chi connectivity index (χ3v) is 5.87. The van der Waals surface area contributed by atoms with E-state index in [1.165, 1.54) is 24.3 Å². The molecule has 0 radical (unpaired) electrons. The third kappa shape index (κ3) is 11.6. The SMILES string of the molecule is COC(C)Nc1ccccc1.Cc1ccc(S(=O)(=O)O)cc1.Cc1ccc(S(=O)(=O)O)cc1. The van der Waals surface area contributed by atoms with Crippen LogP contribution in [0, 0.1) is 13.8 Å². The molecule has 0 saturated carbocycles. The second-order valence-electron chi connectivity index (χ2n) is 6.96. The number of aryl methyl sites for hydroxylation is 2. The minimum absolute atomic E-state index is 0.0666. The van der Waals surface area contributed by atoms with Gasteiger partial charge in [0.1, 0.15) is 6.23 Å². The molecule has 0 fully saturated rings. The normalized spacial score (nSPS) is 11.8. The van der Waals surface area contributed by atoms with Gasteiger partial charge in [-0.15, -0.1) is 0 Å². The second kappa shape index (κ2) is 13.1. The summed E-state index contributed by atoms with van der Waals surface area (Å²) < 4.78 is 64.1. The summed E-state index contributed by atoms with van der Waals surface area (Å²) in [5.74, 6) is 0. The first-order chi connectivity index (χ1) is 15.3. The van der Waals surface area contributed by atoms with Crippen LogP contribution < -0.4 is 5.32 Å². The lowest BCUT2D eigenvalue weighted by atomic mass is 10.2. The number of hydrogen-bond acceptors (Lipinski definition) is 6. The van der Waals surface area contributed by atoms with Gasteiger partial charge in [0.05, 0.1) is 9.79 Å². The number of rotatable bonds is 5. The fourth-order valence-electron chi connectivity index (χ4n) is 2.25. The van der Waals surface area contributed by atoms with Gasteiger partial charge in [0, 0.05) is 12.8 Å². The molecule has 0 saturated heterocycles. The molecule has 1 unspecified atom stereocenters. The molecule has 3 aromatic carbocycles. The molecule has 0 aliphatic rings. The van der Waals surface area contributed by atoms with Gasteiger partial charge in [0.2, 0.25) is 0 Å². The predicted molar refractivity (Wildman–Crippen MR) is 129 cm³/mol. The minimum Gasteiger partial charge on any atom is -0.362 e. The van der Waals surface area contributed by atoms with Crippen LogP contribution in [0.25, 0.3) is 0 Å². The summed E-state index contributed by atoms with van der Waals surface area (Å²) >= 11 is 0. The molecule has 0 spiro atoms. The minimum atomic E-state index is -4.02.